The van der Waals surface area contributed by atoms with Gasteiger partial charge in [-0.1, -0.05) is 77.8 Å². The number of hydrogen-bond donors (Lipinski definition) is 1. The van der Waals surface area contributed by atoms with Gasteiger partial charge < -0.3 is 10.1 Å². The standard InChI is InChI=1S/C28H26Cl2N2O3/c29-19-12-11-18(25(30)16-19)13-14-31-27(33)26-10-5-15-32(26)28(34)35-17-24-22-8-3-1-6-20(22)21-7-2-4-9-23(21)24/h1-4,6-9,11-12,16,24,26H,5,10,13-15,17H2,(H,31,33). The average molecular weight is 509 g/mol. The van der Waals surface area contributed by atoms with Gasteiger partial charge in [0.1, 0.15) is 12.6 Å². The fourth-order valence-corrected chi connectivity index (χ4v) is 5.60. The molecule has 0 bridgehead atoms. The first kappa shape index (κ1) is 23.7. The number of carbonyl (C=O) groups is 2. The summed E-state index contributed by atoms with van der Waals surface area (Å²) in [6.45, 7) is 1.18. The second kappa shape index (κ2) is 10.3. The minimum atomic E-state index is -0.522. The van der Waals surface area contributed by atoms with Gasteiger partial charge in [0.05, 0.1) is 0 Å². The van der Waals surface area contributed by atoms with Crippen molar-refractivity contribution in [2.24, 2.45) is 0 Å². The van der Waals surface area contributed by atoms with Crippen LogP contribution in [0.5, 0.6) is 0 Å². The van der Waals surface area contributed by atoms with Gasteiger partial charge in [-0.05, 0) is 59.2 Å². The summed E-state index contributed by atoms with van der Waals surface area (Å²) in [5, 5.41) is 4.10. The molecule has 3 aromatic carbocycles. The molecule has 0 radical (unpaired) electrons. The number of nitrogens with one attached hydrogen (secondary N) is 1. The predicted molar refractivity (Wildman–Crippen MR) is 138 cm³/mol. The highest BCUT2D eigenvalue weighted by molar-refractivity contribution is 6.35. The number of hydrogen-bond acceptors (Lipinski definition) is 3. The Hall–Kier alpha value is -3.02. The number of ether oxygens (including phenoxy) is 1. The quantitative estimate of drug-likeness (QED) is 0.439. The second-order valence-electron chi connectivity index (χ2n) is 8.93. The number of likely N-dealkylation sites (tertiary alicyclic amines) is 1. The maximum Gasteiger partial charge on any atom is 0.410 e. The lowest BCUT2D eigenvalue weighted by Gasteiger charge is -2.24. The molecule has 2 aliphatic rings. The van der Waals surface area contributed by atoms with Crippen LogP contribution in [0, 0.1) is 0 Å². The number of carbonyl (C=O) groups excluding carboxylic acids is 2. The monoisotopic (exact) mass is 508 g/mol. The molecule has 35 heavy (non-hydrogen) atoms. The summed E-state index contributed by atoms with van der Waals surface area (Å²) in [4.78, 5) is 27.4. The molecule has 1 unspecified atom stereocenters. The molecule has 1 saturated heterocycles. The molecule has 1 aliphatic carbocycles. The van der Waals surface area contributed by atoms with Crippen molar-refractivity contribution < 1.29 is 14.3 Å². The van der Waals surface area contributed by atoms with E-state index >= 15 is 0 Å². The van der Waals surface area contributed by atoms with Crippen LogP contribution >= 0.6 is 23.2 Å². The van der Waals surface area contributed by atoms with E-state index in [4.69, 9.17) is 27.9 Å². The molecule has 180 valence electrons. The maximum absolute atomic E-state index is 13.0. The summed E-state index contributed by atoms with van der Waals surface area (Å²) >= 11 is 12.2. The molecule has 5 nitrogen and oxygen atoms in total. The largest absolute Gasteiger partial charge is 0.448 e. The van der Waals surface area contributed by atoms with Gasteiger partial charge in [0.15, 0.2) is 0 Å². The molecule has 3 aromatic rings. The van der Waals surface area contributed by atoms with E-state index in [0.717, 1.165) is 23.1 Å². The van der Waals surface area contributed by atoms with Crippen molar-refractivity contribution in [1.82, 2.24) is 10.2 Å². The van der Waals surface area contributed by atoms with Crippen molar-refractivity contribution >= 4 is 35.2 Å². The zero-order valence-electron chi connectivity index (χ0n) is 19.2. The molecule has 1 aliphatic heterocycles. The van der Waals surface area contributed by atoms with Gasteiger partial charge >= 0.3 is 6.09 Å². The third kappa shape index (κ3) is 4.89. The Kier molecular flexibility index (Phi) is 6.98. The SMILES string of the molecule is O=C(NCCc1ccc(Cl)cc1Cl)C1CCCN1C(=O)OCC1c2ccccc2-c2ccccc21. The number of halogens is 2. The lowest BCUT2D eigenvalue weighted by atomic mass is 9.98. The van der Waals surface area contributed by atoms with Crippen molar-refractivity contribution in [3.63, 3.8) is 0 Å². The van der Waals surface area contributed by atoms with Crippen molar-refractivity contribution in [1.29, 1.82) is 0 Å². The number of fused-ring (bicyclic) bond motifs is 3. The third-order valence-corrected chi connectivity index (χ3v) is 7.42. The molecule has 7 heteroatoms. The van der Waals surface area contributed by atoms with Gasteiger partial charge in [-0.3, -0.25) is 9.69 Å². The van der Waals surface area contributed by atoms with Crippen LogP contribution in [0.2, 0.25) is 10.0 Å². The van der Waals surface area contributed by atoms with Crippen LogP contribution in [0.1, 0.15) is 35.4 Å². The Morgan fingerprint density at radius 2 is 1.66 bits per heavy atom. The first-order chi connectivity index (χ1) is 17.0. The molecule has 2 amide bonds. The van der Waals surface area contributed by atoms with E-state index in [1.165, 1.54) is 11.1 Å². The topological polar surface area (TPSA) is 58.6 Å². The van der Waals surface area contributed by atoms with Crippen LogP contribution < -0.4 is 5.32 Å². The van der Waals surface area contributed by atoms with Gasteiger partial charge in [-0.15, -0.1) is 0 Å². The van der Waals surface area contributed by atoms with E-state index in [2.05, 4.69) is 29.6 Å². The van der Waals surface area contributed by atoms with E-state index in [-0.39, 0.29) is 18.4 Å². The summed E-state index contributed by atoms with van der Waals surface area (Å²) in [7, 11) is 0. The van der Waals surface area contributed by atoms with Crippen LogP contribution in [-0.4, -0.2) is 42.6 Å². The van der Waals surface area contributed by atoms with Crippen LogP contribution in [0.15, 0.2) is 66.7 Å². The van der Waals surface area contributed by atoms with Gasteiger partial charge in [-0.2, -0.15) is 0 Å². The summed E-state index contributed by atoms with van der Waals surface area (Å²) < 4.78 is 5.78. The van der Waals surface area contributed by atoms with Crippen molar-refractivity contribution in [3.8, 4) is 11.1 Å². The van der Waals surface area contributed by atoms with Crippen molar-refractivity contribution in [3.05, 3.63) is 93.5 Å². The van der Waals surface area contributed by atoms with Crippen LogP contribution in [0.4, 0.5) is 4.79 Å². The third-order valence-electron chi connectivity index (χ3n) is 6.83. The summed E-state index contributed by atoms with van der Waals surface area (Å²) in [5.41, 5.74) is 5.61. The molecule has 1 atom stereocenters. The smallest absolute Gasteiger partial charge is 0.410 e. The van der Waals surface area contributed by atoms with E-state index < -0.39 is 12.1 Å². The minimum Gasteiger partial charge on any atom is -0.448 e. The zero-order chi connectivity index (χ0) is 24.4. The molecule has 1 heterocycles. The Labute approximate surface area is 215 Å². The predicted octanol–water partition coefficient (Wildman–Crippen LogP) is 6.07. The van der Waals surface area contributed by atoms with E-state index in [1.54, 1.807) is 17.0 Å². The molecule has 1 fully saturated rings. The van der Waals surface area contributed by atoms with Gasteiger partial charge in [0.25, 0.3) is 0 Å². The molecular weight excluding hydrogens is 483 g/mol. The number of amides is 2. The first-order valence-corrected chi connectivity index (χ1v) is 12.6. The van der Waals surface area contributed by atoms with Crippen molar-refractivity contribution in [2.45, 2.75) is 31.2 Å². The molecule has 0 saturated carbocycles. The number of benzene rings is 3. The highest BCUT2D eigenvalue weighted by atomic mass is 35.5. The van der Waals surface area contributed by atoms with E-state index in [9.17, 15) is 9.59 Å². The Bertz CT molecular complexity index is 1220. The average Bonchev–Trinajstić information content (AvgIpc) is 3.47. The fraction of sp³-hybridized carbons (Fsp3) is 0.286. The Morgan fingerprint density at radius 1 is 0.971 bits per heavy atom. The molecule has 0 aromatic heterocycles. The van der Waals surface area contributed by atoms with E-state index in [0.29, 0.717) is 36.0 Å². The van der Waals surface area contributed by atoms with Gasteiger partial charge in [-0.25, -0.2) is 4.79 Å². The second-order valence-corrected chi connectivity index (χ2v) is 9.78. The van der Waals surface area contributed by atoms with Gasteiger partial charge in [0, 0.05) is 29.1 Å². The maximum atomic E-state index is 13.0. The molecular formula is C28H26Cl2N2O3. The highest BCUT2D eigenvalue weighted by Gasteiger charge is 2.36. The lowest BCUT2D eigenvalue weighted by molar-refractivity contribution is -0.125. The molecule has 0 spiro atoms. The van der Waals surface area contributed by atoms with Crippen LogP contribution in [0.25, 0.3) is 11.1 Å². The summed E-state index contributed by atoms with van der Waals surface area (Å²) in [5.74, 6) is -0.175. The van der Waals surface area contributed by atoms with Crippen LogP contribution in [0.3, 0.4) is 0 Å². The van der Waals surface area contributed by atoms with E-state index in [1.807, 2.05) is 30.3 Å². The molecule has 1 N–H and O–H groups in total. The highest BCUT2D eigenvalue weighted by Crippen LogP contribution is 2.44. The number of nitrogens with zero attached hydrogens (tertiary/aromatic N) is 1. The number of rotatable bonds is 6. The Morgan fingerprint density at radius 3 is 2.34 bits per heavy atom. The fourth-order valence-electron chi connectivity index (χ4n) is 5.10. The first-order valence-electron chi connectivity index (χ1n) is 11.9. The van der Waals surface area contributed by atoms with Crippen LogP contribution in [-0.2, 0) is 16.0 Å². The lowest BCUT2D eigenvalue weighted by Crippen LogP contribution is -2.46. The zero-order valence-corrected chi connectivity index (χ0v) is 20.7. The Balaban J connectivity index is 1.19. The summed E-state index contributed by atoms with van der Waals surface area (Å²) in [6, 6.07) is 21.3. The van der Waals surface area contributed by atoms with Crippen molar-refractivity contribution in [2.75, 3.05) is 19.7 Å². The summed E-state index contributed by atoms with van der Waals surface area (Å²) in [6.07, 6.45) is 1.54. The van der Waals surface area contributed by atoms with Gasteiger partial charge in [0.2, 0.25) is 5.91 Å². The minimum absolute atomic E-state index is 0.00893. The molecule has 5 rings (SSSR count). The normalized spacial score (nSPS) is 16.6.